The van der Waals surface area contributed by atoms with Gasteiger partial charge in [0.05, 0.1) is 20.8 Å². The lowest BCUT2D eigenvalue weighted by atomic mass is 9.81. The van der Waals surface area contributed by atoms with Gasteiger partial charge >= 0.3 is 0 Å². The SMILES string of the molecule is COc1ccc(OC)c(C[C@@](O)(c2ccccc2)C2CNCCO2)c1. The Hall–Kier alpha value is -2.08. The maximum absolute atomic E-state index is 11.7. The lowest BCUT2D eigenvalue weighted by Gasteiger charge is -2.39. The minimum atomic E-state index is -1.17. The van der Waals surface area contributed by atoms with Gasteiger partial charge in [0.1, 0.15) is 23.2 Å². The highest BCUT2D eigenvalue weighted by Gasteiger charge is 2.41. The predicted octanol–water partition coefficient (Wildman–Crippen LogP) is 2.12. The van der Waals surface area contributed by atoms with Crippen LogP contribution in [0.2, 0.25) is 0 Å². The minimum absolute atomic E-state index is 0.348. The third-order valence-electron chi connectivity index (χ3n) is 4.68. The molecular weight excluding hydrogens is 318 g/mol. The first-order valence-electron chi connectivity index (χ1n) is 8.48. The van der Waals surface area contributed by atoms with Gasteiger partial charge in [-0.15, -0.1) is 0 Å². The Morgan fingerprint density at radius 3 is 2.60 bits per heavy atom. The van der Waals surface area contributed by atoms with Gasteiger partial charge in [-0.25, -0.2) is 0 Å². The zero-order valence-corrected chi connectivity index (χ0v) is 14.7. The molecule has 0 saturated carbocycles. The van der Waals surface area contributed by atoms with Gasteiger partial charge in [-0.2, -0.15) is 0 Å². The average Bonchev–Trinajstić information content (AvgIpc) is 2.69. The molecule has 5 nitrogen and oxygen atoms in total. The molecular formula is C20H25NO4. The van der Waals surface area contributed by atoms with Gasteiger partial charge in [-0.3, -0.25) is 0 Å². The molecule has 1 heterocycles. The van der Waals surface area contributed by atoms with Gasteiger partial charge in [0.15, 0.2) is 0 Å². The van der Waals surface area contributed by atoms with E-state index in [0.717, 1.165) is 29.2 Å². The van der Waals surface area contributed by atoms with Crippen LogP contribution in [0.1, 0.15) is 11.1 Å². The standard InChI is InChI=1S/C20H25NO4/c1-23-17-8-9-18(24-2)15(12-17)13-20(22,16-6-4-3-5-7-16)19-14-21-10-11-25-19/h3-9,12,19,21-22H,10-11,13-14H2,1-2H3/t19?,20-/m1/s1. The molecule has 5 heteroatoms. The number of aliphatic hydroxyl groups is 1. The van der Waals surface area contributed by atoms with E-state index in [9.17, 15) is 5.11 Å². The molecule has 3 rings (SSSR count). The van der Waals surface area contributed by atoms with Crippen LogP contribution >= 0.6 is 0 Å². The third-order valence-corrected chi connectivity index (χ3v) is 4.68. The summed E-state index contributed by atoms with van der Waals surface area (Å²) >= 11 is 0. The molecule has 2 aromatic carbocycles. The molecule has 1 aliphatic heterocycles. The Bertz CT molecular complexity index is 685. The molecule has 2 atom stereocenters. The molecule has 134 valence electrons. The average molecular weight is 343 g/mol. The van der Waals surface area contributed by atoms with E-state index in [2.05, 4.69) is 5.32 Å². The topological polar surface area (TPSA) is 60.0 Å². The fraction of sp³-hybridized carbons (Fsp3) is 0.400. The Kier molecular flexibility index (Phi) is 5.58. The maximum atomic E-state index is 11.7. The van der Waals surface area contributed by atoms with Crippen LogP contribution in [0.3, 0.4) is 0 Å². The molecule has 1 saturated heterocycles. The van der Waals surface area contributed by atoms with E-state index in [4.69, 9.17) is 14.2 Å². The van der Waals surface area contributed by atoms with E-state index < -0.39 is 5.60 Å². The summed E-state index contributed by atoms with van der Waals surface area (Å²) in [6.07, 6.45) is 0.0172. The molecule has 25 heavy (non-hydrogen) atoms. The molecule has 0 amide bonds. The van der Waals surface area contributed by atoms with Crippen molar-refractivity contribution in [2.45, 2.75) is 18.1 Å². The van der Waals surface area contributed by atoms with E-state index in [1.165, 1.54) is 0 Å². The van der Waals surface area contributed by atoms with Crippen LogP contribution in [0.4, 0.5) is 0 Å². The monoisotopic (exact) mass is 343 g/mol. The number of hydrogen-bond acceptors (Lipinski definition) is 5. The van der Waals surface area contributed by atoms with Gasteiger partial charge < -0.3 is 24.6 Å². The minimum Gasteiger partial charge on any atom is -0.497 e. The van der Waals surface area contributed by atoms with E-state index >= 15 is 0 Å². The van der Waals surface area contributed by atoms with Gasteiger partial charge in [-0.1, -0.05) is 30.3 Å². The Morgan fingerprint density at radius 1 is 1.16 bits per heavy atom. The van der Waals surface area contributed by atoms with Crippen molar-refractivity contribution in [1.82, 2.24) is 5.32 Å². The molecule has 1 unspecified atom stereocenters. The zero-order chi connectivity index (χ0) is 17.7. The fourth-order valence-electron chi connectivity index (χ4n) is 3.31. The Morgan fingerprint density at radius 2 is 1.96 bits per heavy atom. The van der Waals surface area contributed by atoms with Crippen molar-refractivity contribution in [3.8, 4) is 11.5 Å². The van der Waals surface area contributed by atoms with Crippen molar-refractivity contribution < 1.29 is 19.3 Å². The third kappa shape index (κ3) is 3.79. The second-order valence-corrected chi connectivity index (χ2v) is 6.21. The van der Waals surface area contributed by atoms with Gasteiger partial charge in [0, 0.05) is 25.1 Å². The summed E-state index contributed by atoms with van der Waals surface area (Å²) in [5, 5.41) is 15.0. The van der Waals surface area contributed by atoms with Gasteiger partial charge in [0.2, 0.25) is 0 Å². The molecule has 2 aromatic rings. The second-order valence-electron chi connectivity index (χ2n) is 6.21. The van der Waals surface area contributed by atoms with Crippen LogP contribution in [0.5, 0.6) is 11.5 Å². The van der Waals surface area contributed by atoms with Crippen molar-refractivity contribution in [3.63, 3.8) is 0 Å². The number of ether oxygens (including phenoxy) is 3. The summed E-state index contributed by atoms with van der Waals surface area (Å²) in [4.78, 5) is 0. The molecule has 0 aromatic heterocycles. The summed E-state index contributed by atoms with van der Waals surface area (Å²) < 4.78 is 16.7. The Balaban J connectivity index is 2.01. The van der Waals surface area contributed by atoms with Crippen LogP contribution in [0.15, 0.2) is 48.5 Å². The number of rotatable bonds is 6. The van der Waals surface area contributed by atoms with E-state index in [0.29, 0.717) is 19.6 Å². The van der Waals surface area contributed by atoms with E-state index in [-0.39, 0.29) is 6.10 Å². The molecule has 1 aliphatic rings. The molecule has 0 radical (unpaired) electrons. The summed E-state index contributed by atoms with van der Waals surface area (Å²) in [6, 6.07) is 15.3. The highest BCUT2D eigenvalue weighted by atomic mass is 16.5. The van der Waals surface area contributed by atoms with Crippen LogP contribution in [-0.4, -0.2) is 45.1 Å². The van der Waals surface area contributed by atoms with Crippen LogP contribution < -0.4 is 14.8 Å². The first-order valence-corrected chi connectivity index (χ1v) is 8.48. The molecule has 1 fully saturated rings. The number of hydrogen-bond donors (Lipinski definition) is 2. The van der Waals surface area contributed by atoms with Crippen LogP contribution in [0, 0.1) is 0 Å². The van der Waals surface area contributed by atoms with Crippen molar-refractivity contribution in [3.05, 3.63) is 59.7 Å². The van der Waals surface area contributed by atoms with Crippen LogP contribution in [-0.2, 0) is 16.8 Å². The zero-order valence-electron chi connectivity index (χ0n) is 14.7. The Labute approximate surface area is 148 Å². The largest absolute Gasteiger partial charge is 0.497 e. The lowest BCUT2D eigenvalue weighted by Crippen LogP contribution is -2.52. The molecule has 0 aliphatic carbocycles. The van der Waals surface area contributed by atoms with E-state index in [1.54, 1.807) is 14.2 Å². The second kappa shape index (κ2) is 7.87. The highest BCUT2D eigenvalue weighted by Crippen LogP contribution is 2.36. The quantitative estimate of drug-likeness (QED) is 0.841. The normalized spacial score (nSPS) is 19.9. The lowest BCUT2D eigenvalue weighted by molar-refractivity contribution is -0.124. The first kappa shape index (κ1) is 17.7. The predicted molar refractivity (Wildman–Crippen MR) is 96.2 cm³/mol. The molecule has 2 N–H and O–H groups in total. The summed E-state index contributed by atoms with van der Waals surface area (Å²) in [6.45, 7) is 1.97. The first-order chi connectivity index (χ1) is 12.2. The smallest absolute Gasteiger partial charge is 0.122 e. The molecule has 0 spiro atoms. The summed E-state index contributed by atoms with van der Waals surface area (Å²) in [5.41, 5.74) is 0.532. The van der Waals surface area contributed by atoms with Crippen LogP contribution in [0.25, 0.3) is 0 Å². The number of nitrogens with one attached hydrogen (secondary N) is 1. The van der Waals surface area contributed by atoms with Crippen molar-refractivity contribution in [1.29, 1.82) is 0 Å². The summed E-state index contributed by atoms with van der Waals surface area (Å²) in [7, 11) is 3.26. The number of benzene rings is 2. The fourth-order valence-corrected chi connectivity index (χ4v) is 3.31. The van der Waals surface area contributed by atoms with E-state index in [1.807, 2.05) is 48.5 Å². The molecule has 0 bridgehead atoms. The number of morpholine rings is 1. The van der Waals surface area contributed by atoms with Crippen molar-refractivity contribution in [2.24, 2.45) is 0 Å². The number of methoxy groups -OCH3 is 2. The summed E-state index contributed by atoms with van der Waals surface area (Å²) in [5.74, 6) is 1.45. The van der Waals surface area contributed by atoms with Gasteiger partial charge in [0.25, 0.3) is 0 Å². The van der Waals surface area contributed by atoms with Crippen molar-refractivity contribution >= 4 is 0 Å². The van der Waals surface area contributed by atoms with Crippen molar-refractivity contribution in [2.75, 3.05) is 33.9 Å². The highest BCUT2D eigenvalue weighted by molar-refractivity contribution is 5.42. The maximum Gasteiger partial charge on any atom is 0.122 e. The van der Waals surface area contributed by atoms with Gasteiger partial charge in [-0.05, 0) is 23.8 Å².